The molecule has 7 heteroatoms. The van der Waals surface area contributed by atoms with Gasteiger partial charge < -0.3 is 25.7 Å². The van der Waals surface area contributed by atoms with Crippen LogP contribution >= 0.6 is 0 Å². The normalized spacial score (nSPS) is 19.8. The summed E-state index contributed by atoms with van der Waals surface area (Å²) in [5.74, 6) is 0.406. The number of likely N-dealkylation sites (tertiary alicyclic amines) is 1. The van der Waals surface area contributed by atoms with Crippen molar-refractivity contribution in [2.45, 2.75) is 25.5 Å². The Morgan fingerprint density at radius 1 is 1.32 bits per heavy atom. The molecule has 1 saturated heterocycles. The minimum absolute atomic E-state index is 0.157. The van der Waals surface area contributed by atoms with Crippen molar-refractivity contribution in [2.24, 2.45) is 0 Å². The Kier molecular flexibility index (Phi) is 6.60. The molecule has 0 atom stereocenters. The first-order chi connectivity index (χ1) is 13.6. The number of hydrogen-bond donors (Lipinski definition) is 3. The van der Waals surface area contributed by atoms with E-state index < -0.39 is 0 Å². The number of nitrogens with one attached hydrogen (secondary N) is 3. The molecule has 1 fully saturated rings. The molecule has 1 amide bonds. The molecular weight excluding hydrogens is 354 g/mol. The van der Waals surface area contributed by atoms with Gasteiger partial charge in [-0.2, -0.15) is 0 Å². The topological polar surface area (TPSA) is 90.3 Å². The van der Waals surface area contributed by atoms with Crippen LogP contribution in [-0.2, 0) is 16.1 Å². The number of allylic oxidation sites excluding steroid dienone is 4. The van der Waals surface area contributed by atoms with Crippen molar-refractivity contribution in [3.8, 4) is 0 Å². The predicted octanol–water partition coefficient (Wildman–Crippen LogP) is 1.76. The summed E-state index contributed by atoms with van der Waals surface area (Å²) in [5, 5.41) is 14.3. The molecule has 2 heterocycles. The molecule has 1 aliphatic carbocycles. The Bertz CT molecular complexity index is 805. The van der Waals surface area contributed by atoms with E-state index in [0.717, 1.165) is 31.6 Å². The maximum absolute atomic E-state index is 12.8. The Morgan fingerprint density at radius 3 is 2.79 bits per heavy atom. The van der Waals surface area contributed by atoms with Gasteiger partial charge in [-0.25, -0.2) is 0 Å². The zero-order valence-electron chi connectivity index (χ0n) is 16.4. The van der Waals surface area contributed by atoms with E-state index in [9.17, 15) is 4.79 Å². The number of likely N-dealkylation sites (N-methyl/N-ethyl adjacent to an activating group) is 1. The van der Waals surface area contributed by atoms with Gasteiger partial charge in [0.1, 0.15) is 18.1 Å². The van der Waals surface area contributed by atoms with E-state index in [1.807, 2.05) is 18.2 Å². The van der Waals surface area contributed by atoms with E-state index in [2.05, 4.69) is 27.6 Å². The van der Waals surface area contributed by atoms with Crippen LogP contribution in [0.15, 0.2) is 59.7 Å². The van der Waals surface area contributed by atoms with Crippen LogP contribution in [0.1, 0.15) is 18.5 Å². The van der Waals surface area contributed by atoms with E-state index >= 15 is 0 Å². The monoisotopic (exact) mass is 381 g/mol. The molecule has 7 nitrogen and oxygen atoms in total. The second-order valence-corrected chi connectivity index (χ2v) is 6.99. The number of piperidine rings is 1. The van der Waals surface area contributed by atoms with E-state index in [1.54, 1.807) is 31.5 Å². The highest BCUT2D eigenvalue weighted by atomic mass is 16.5. The van der Waals surface area contributed by atoms with Crippen molar-refractivity contribution < 1.29 is 9.53 Å². The maximum atomic E-state index is 12.8. The molecule has 1 aliphatic heterocycles. The highest BCUT2D eigenvalue weighted by Gasteiger charge is 2.23. The first kappa shape index (κ1) is 19.8. The number of carbonyl (C=O) groups is 1. The quantitative estimate of drug-likeness (QED) is 0.653. The Hall–Kier alpha value is -2.93. The van der Waals surface area contributed by atoms with Crippen molar-refractivity contribution in [1.29, 1.82) is 5.41 Å². The number of carbonyl (C=O) groups excluding carboxylic acids is 1. The molecule has 0 aromatic carbocycles. The summed E-state index contributed by atoms with van der Waals surface area (Å²) >= 11 is 0. The van der Waals surface area contributed by atoms with Crippen LogP contribution in [-0.4, -0.2) is 54.7 Å². The average Bonchev–Trinajstić information content (AvgIpc) is 2.71. The van der Waals surface area contributed by atoms with Crippen LogP contribution in [0.3, 0.4) is 0 Å². The number of aromatic nitrogens is 1. The van der Waals surface area contributed by atoms with Gasteiger partial charge in [0.2, 0.25) is 0 Å². The molecule has 0 unspecified atom stereocenters. The molecule has 0 radical (unpaired) electrons. The van der Waals surface area contributed by atoms with Crippen molar-refractivity contribution in [3.05, 3.63) is 65.3 Å². The van der Waals surface area contributed by atoms with Crippen LogP contribution in [0, 0.1) is 5.41 Å². The summed E-state index contributed by atoms with van der Waals surface area (Å²) in [5.41, 5.74) is 1.99. The number of rotatable bonds is 6. The fourth-order valence-corrected chi connectivity index (χ4v) is 3.24. The lowest BCUT2D eigenvalue weighted by molar-refractivity contribution is -0.118. The highest BCUT2D eigenvalue weighted by Crippen LogP contribution is 2.19. The largest absolute Gasteiger partial charge is 0.487 e. The molecule has 2 aliphatic rings. The molecule has 0 bridgehead atoms. The number of amides is 1. The summed E-state index contributed by atoms with van der Waals surface area (Å²) in [7, 11) is 3.79. The van der Waals surface area contributed by atoms with E-state index in [4.69, 9.17) is 10.1 Å². The lowest BCUT2D eigenvalue weighted by Gasteiger charge is -2.30. The van der Waals surface area contributed by atoms with Gasteiger partial charge in [-0.15, -0.1) is 0 Å². The molecule has 3 N–H and O–H groups in total. The second kappa shape index (κ2) is 9.32. The van der Waals surface area contributed by atoms with Gasteiger partial charge >= 0.3 is 0 Å². The number of hydrogen-bond acceptors (Lipinski definition) is 6. The highest BCUT2D eigenvalue weighted by molar-refractivity contribution is 6.14. The molecule has 3 rings (SSSR count). The van der Waals surface area contributed by atoms with E-state index in [1.165, 1.54) is 0 Å². The van der Waals surface area contributed by atoms with Crippen LogP contribution in [0.2, 0.25) is 0 Å². The standard InChI is InChI=1S/C21H27N5O2/c1-23-20(21(27)25-15-8-11-26(2)12-9-15)18-13-17(6-7-19(18)22)28-14-16-5-3-4-10-24-16/h3-7,10,13,15,22-23H,8-9,11-12,14H2,1-2H3,(H,25,27)/b20-18-,22-19?. The van der Waals surface area contributed by atoms with Crippen molar-refractivity contribution in [3.63, 3.8) is 0 Å². The van der Waals surface area contributed by atoms with Gasteiger partial charge in [0.25, 0.3) is 5.91 Å². The van der Waals surface area contributed by atoms with E-state index in [0.29, 0.717) is 23.6 Å². The number of ether oxygens (including phenoxy) is 1. The molecule has 0 saturated carbocycles. The smallest absolute Gasteiger partial charge is 0.268 e. The summed E-state index contributed by atoms with van der Waals surface area (Å²) in [6.45, 7) is 2.27. The van der Waals surface area contributed by atoms with Gasteiger partial charge in [-0.1, -0.05) is 6.07 Å². The molecule has 28 heavy (non-hydrogen) atoms. The zero-order chi connectivity index (χ0) is 19.9. The first-order valence-corrected chi connectivity index (χ1v) is 9.49. The third-order valence-electron chi connectivity index (χ3n) is 4.90. The number of nitrogens with zero attached hydrogens (tertiary/aromatic N) is 2. The van der Waals surface area contributed by atoms with Gasteiger partial charge in [-0.05, 0) is 63.3 Å². The van der Waals surface area contributed by atoms with E-state index in [-0.39, 0.29) is 17.7 Å². The Balaban J connectivity index is 1.71. The Morgan fingerprint density at radius 2 is 2.11 bits per heavy atom. The second-order valence-electron chi connectivity index (χ2n) is 6.99. The SMILES string of the molecule is CN/C(C(=O)NC1CCN(C)CC1)=C1/C=C(OCc2ccccn2)C=CC1=N. The molecule has 0 spiro atoms. The van der Waals surface area contributed by atoms with Crippen LogP contribution in [0.4, 0.5) is 0 Å². The lowest BCUT2D eigenvalue weighted by atomic mass is 10.0. The minimum Gasteiger partial charge on any atom is -0.487 e. The fraction of sp³-hybridized carbons (Fsp3) is 0.381. The van der Waals surface area contributed by atoms with Crippen molar-refractivity contribution in [2.75, 3.05) is 27.2 Å². The molecule has 1 aromatic heterocycles. The summed E-state index contributed by atoms with van der Waals surface area (Å²) in [6, 6.07) is 5.81. The first-order valence-electron chi connectivity index (χ1n) is 9.49. The van der Waals surface area contributed by atoms with Gasteiger partial charge in [-0.3, -0.25) is 9.78 Å². The molecule has 1 aromatic rings. The van der Waals surface area contributed by atoms with Crippen molar-refractivity contribution in [1.82, 2.24) is 20.5 Å². The van der Waals surface area contributed by atoms with Gasteiger partial charge in [0.15, 0.2) is 0 Å². The van der Waals surface area contributed by atoms with Crippen molar-refractivity contribution >= 4 is 11.6 Å². The third kappa shape index (κ3) is 5.07. The minimum atomic E-state index is -0.188. The molecule has 148 valence electrons. The van der Waals surface area contributed by atoms with Gasteiger partial charge in [0.05, 0.1) is 11.4 Å². The van der Waals surface area contributed by atoms with Gasteiger partial charge in [0, 0.05) is 24.9 Å². The Labute approximate surface area is 165 Å². The predicted molar refractivity (Wildman–Crippen MR) is 109 cm³/mol. The number of pyridine rings is 1. The lowest BCUT2D eigenvalue weighted by Crippen LogP contribution is -2.45. The third-order valence-corrected chi connectivity index (χ3v) is 4.90. The van der Waals surface area contributed by atoms with Crippen LogP contribution in [0.5, 0.6) is 0 Å². The zero-order valence-corrected chi connectivity index (χ0v) is 16.4. The van der Waals surface area contributed by atoms with Crippen LogP contribution in [0.25, 0.3) is 0 Å². The summed E-state index contributed by atoms with van der Waals surface area (Å²) < 4.78 is 5.80. The summed E-state index contributed by atoms with van der Waals surface area (Å²) in [4.78, 5) is 19.3. The average molecular weight is 381 g/mol. The fourth-order valence-electron chi connectivity index (χ4n) is 3.24. The molecular formula is C21H27N5O2. The summed E-state index contributed by atoms with van der Waals surface area (Å²) in [6.07, 6.45) is 8.68. The maximum Gasteiger partial charge on any atom is 0.268 e. The van der Waals surface area contributed by atoms with Crippen LogP contribution < -0.4 is 10.6 Å².